The molecular weight excluding hydrogens is 198 g/mol. The van der Waals surface area contributed by atoms with Crippen LogP contribution in [0.25, 0.3) is 0 Å². The second-order valence-corrected chi connectivity index (χ2v) is 5.75. The molecule has 0 saturated carbocycles. The van der Waals surface area contributed by atoms with Crippen molar-refractivity contribution in [3.05, 3.63) is 0 Å². The molecule has 2 unspecified atom stereocenters. The van der Waals surface area contributed by atoms with Crippen molar-refractivity contribution < 1.29 is 5.11 Å². The average molecular weight is 229 g/mol. The van der Waals surface area contributed by atoms with Gasteiger partial charge in [0.1, 0.15) is 0 Å². The lowest BCUT2D eigenvalue weighted by Crippen LogP contribution is -2.44. The van der Waals surface area contributed by atoms with Crippen molar-refractivity contribution in [1.82, 2.24) is 4.90 Å². The van der Waals surface area contributed by atoms with Gasteiger partial charge in [-0.05, 0) is 33.2 Å². The highest BCUT2D eigenvalue weighted by atomic mass is 16.3. The Kier molecular flexibility index (Phi) is 7.25. The number of unbranched alkanes of at least 4 members (excludes halogenated alkanes) is 1. The van der Waals surface area contributed by atoms with Gasteiger partial charge in [-0.25, -0.2) is 0 Å². The monoisotopic (exact) mass is 229 g/mol. The Labute approximate surface area is 102 Å². The first kappa shape index (κ1) is 15.9. The standard InChI is InChI=1S/C14H31NO/c1-7-9-10-15(12(3)8-2)11-14(5,6)13(4)16/h12-13,16H,7-11H2,1-6H3. The first-order valence-corrected chi connectivity index (χ1v) is 6.77. The highest BCUT2D eigenvalue weighted by Crippen LogP contribution is 2.23. The lowest BCUT2D eigenvalue weighted by molar-refractivity contribution is 0.0229. The zero-order valence-electron chi connectivity index (χ0n) is 12.1. The first-order chi connectivity index (χ1) is 7.35. The van der Waals surface area contributed by atoms with Gasteiger partial charge in [0.05, 0.1) is 6.10 Å². The van der Waals surface area contributed by atoms with Crippen LogP contribution >= 0.6 is 0 Å². The van der Waals surface area contributed by atoms with E-state index in [1.54, 1.807) is 0 Å². The molecule has 0 spiro atoms. The summed E-state index contributed by atoms with van der Waals surface area (Å²) in [6.07, 6.45) is 3.42. The van der Waals surface area contributed by atoms with Gasteiger partial charge in [0.25, 0.3) is 0 Å². The molecule has 2 atom stereocenters. The molecule has 98 valence electrons. The molecule has 0 heterocycles. The highest BCUT2D eigenvalue weighted by molar-refractivity contribution is 4.80. The van der Waals surface area contributed by atoms with Gasteiger partial charge in [-0.15, -0.1) is 0 Å². The zero-order valence-corrected chi connectivity index (χ0v) is 12.1. The fourth-order valence-corrected chi connectivity index (χ4v) is 1.73. The second kappa shape index (κ2) is 7.29. The van der Waals surface area contributed by atoms with Crippen LogP contribution in [0.15, 0.2) is 0 Å². The van der Waals surface area contributed by atoms with E-state index >= 15 is 0 Å². The summed E-state index contributed by atoms with van der Waals surface area (Å²) >= 11 is 0. The molecule has 0 rings (SSSR count). The number of aliphatic hydroxyl groups is 1. The summed E-state index contributed by atoms with van der Waals surface area (Å²) in [5.74, 6) is 0. The molecule has 0 fully saturated rings. The zero-order chi connectivity index (χ0) is 12.8. The Hall–Kier alpha value is -0.0800. The van der Waals surface area contributed by atoms with E-state index in [0.717, 1.165) is 13.1 Å². The van der Waals surface area contributed by atoms with Crippen LogP contribution in [0.5, 0.6) is 0 Å². The molecule has 1 N–H and O–H groups in total. The van der Waals surface area contributed by atoms with Crippen molar-refractivity contribution in [3.63, 3.8) is 0 Å². The van der Waals surface area contributed by atoms with Crippen molar-refractivity contribution in [1.29, 1.82) is 0 Å². The van der Waals surface area contributed by atoms with E-state index in [1.807, 2.05) is 6.92 Å². The third-order valence-corrected chi connectivity index (χ3v) is 3.75. The van der Waals surface area contributed by atoms with Crippen LogP contribution in [0, 0.1) is 5.41 Å². The normalized spacial score (nSPS) is 16.5. The molecule has 0 aliphatic heterocycles. The third-order valence-electron chi connectivity index (χ3n) is 3.75. The van der Waals surface area contributed by atoms with E-state index in [2.05, 4.69) is 39.5 Å². The minimum atomic E-state index is -0.249. The van der Waals surface area contributed by atoms with E-state index in [4.69, 9.17) is 0 Å². The van der Waals surface area contributed by atoms with Crippen molar-refractivity contribution in [2.75, 3.05) is 13.1 Å². The minimum Gasteiger partial charge on any atom is -0.393 e. The lowest BCUT2D eigenvalue weighted by atomic mass is 9.86. The molecule has 0 aromatic rings. The van der Waals surface area contributed by atoms with Gasteiger partial charge in [-0.1, -0.05) is 34.1 Å². The number of nitrogens with zero attached hydrogens (tertiary/aromatic N) is 1. The average Bonchev–Trinajstić information content (AvgIpc) is 2.22. The van der Waals surface area contributed by atoms with Crippen LogP contribution in [-0.4, -0.2) is 35.2 Å². The molecule has 2 nitrogen and oxygen atoms in total. The SMILES string of the molecule is CCCCN(CC(C)(C)C(C)O)C(C)CC. The summed E-state index contributed by atoms with van der Waals surface area (Å²) in [6.45, 7) is 15.1. The summed E-state index contributed by atoms with van der Waals surface area (Å²) in [4.78, 5) is 2.52. The van der Waals surface area contributed by atoms with Gasteiger partial charge in [-0.3, -0.25) is 0 Å². The van der Waals surface area contributed by atoms with E-state index < -0.39 is 0 Å². The van der Waals surface area contributed by atoms with Gasteiger partial charge >= 0.3 is 0 Å². The van der Waals surface area contributed by atoms with Gasteiger partial charge in [0.2, 0.25) is 0 Å². The molecule has 0 aliphatic rings. The van der Waals surface area contributed by atoms with Crippen LogP contribution in [0.3, 0.4) is 0 Å². The smallest absolute Gasteiger partial charge is 0.0575 e. The molecule has 0 amide bonds. The number of aliphatic hydroxyl groups excluding tert-OH is 1. The van der Waals surface area contributed by atoms with Crippen molar-refractivity contribution in [3.8, 4) is 0 Å². The van der Waals surface area contributed by atoms with Gasteiger partial charge < -0.3 is 10.0 Å². The Morgan fingerprint density at radius 2 is 1.75 bits per heavy atom. The van der Waals surface area contributed by atoms with Crippen LogP contribution < -0.4 is 0 Å². The first-order valence-electron chi connectivity index (χ1n) is 6.77. The Bertz CT molecular complexity index is 178. The van der Waals surface area contributed by atoms with E-state index in [0.29, 0.717) is 6.04 Å². The summed E-state index contributed by atoms with van der Waals surface area (Å²) in [5, 5.41) is 9.78. The second-order valence-electron chi connectivity index (χ2n) is 5.75. The van der Waals surface area contributed by atoms with Crippen molar-refractivity contribution in [2.24, 2.45) is 5.41 Å². The van der Waals surface area contributed by atoms with Gasteiger partial charge in [0.15, 0.2) is 0 Å². The molecule has 16 heavy (non-hydrogen) atoms. The maximum atomic E-state index is 9.78. The largest absolute Gasteiger partial charge is 0.393 e. The van der Waals surface area contributed by atoms with Crippen LogP contribution in [0.4, 0.5) is 0 Å². The fraction of sp³-hybridized carbons (Fsp3) is 1.00. The number of hydrogen-bond donors (Lipinski definition) is 1. The molecule has 0 radical (unpaired) electrons. The van der Waals surface area contributed by atoms with E-state index in [9.17, 15) is 5.11 Å². The number of hydrogen-bond acceptors (Lipinski definition) is 2. The molecule has 2 heteroatoms. The maximum Gasteiger partial charge on any atom is 0.0575 e. The van der Waals surface area contributed by atoms with E-state index in [-0.39, 0.29) is 11.5 Å². The molecule has 0 bridgehead atoms. The van der Waals surface area contributed by atoms with Crippen molar-refractivity contribution >= 4 is 0 Å². The fourth-order valence-electron chi connectivity index (χ4n) is 1.73. The summed E-state index contributed by atoms with van der Waals surface area (Å²) in [5.41, 5.74) is -0.0167. The quantitative estimate of drug-likeness (QED) is 0.690. The molecular formula is C14H31NO. The van der Waals surface area contributed by atoms with Crippen LogP contribution in [0.2, 0.25) is 0 Å². The topological polar surface area (TPSA) is 23.5 Å². The molecule has 0 aromatic heterocycles. The molecule has 0 aliphatic carbocycles. The van der Waals surface area contributed by atoms with Crippen LogP contribution in [0.1, 0.15) is 60.8 Å². The van der Waals surface area contributed by atoms with Crippen LogP contribution in [-0.2, 0) is 0 Å². The summed E-state index contributed by atoms with van der Waals surface area (Å²) in [6, 6.07) is 0.615. The summed E-state index contributed by atoms with van der Waals surface area (Å²) in [7, 11) is 0. The predicted octanol–water partition coefficient (Wildman–Crippen LogP) is 3.29. The maximum absolute atomic E-state index is 9.78. The van der Waals surface area contributed by atoms with Gasteiger partial charge in [-0.2, -0.15) is 0 Å². The highest BCUT2D eigenvalue weighted by Gasteiger charge is 2.28. The minimum absolute atomic E-state index is 0.0167. The number of rotatable bonds is 8. The van der Waals surface area contributed by atoms with Gasteiger partial charge in [0, 0.05) is 18.0 Å². The molecule has 0 saturated heterocycles. The Morgan fingerprint density at radius 1 is 1.19 bits per heavy atom. The Balaban J connectivity index is 4.40. The molecule has 0 aromatic carbocycles. The summed E-state index contributed by atoms with van der Waals surface area (Å²) < 4.78 is 0. The van der Waals surface area contributed by atoms with E-state index in [1.165, 1.54) is 19.3 Å². The lowest BCUT2D eigenvalue weighted by Gasteiger charge is -2.38. The Morgan fingerprint density at radius 3 is 2.12 bits per heavy atom. The third kappa shape index (κ3) is 5.31. The van der Waals surface area contributed by atoms with Crippen molar-refractivity contribution in [2.45, 2.75) is 73.0 Å². The predicted molar refractivity (Wildman–Crippen MR) is 71.7 cm³/mol.